The molecule has 3 aliphatic rings. The molecule has 0 amide bonds. The molecule has 10 heteroatoms. The van der Waals surface area contributed by atoms with E-state index < -0.39 is 35.4 Å². The molecule has 4 nitrogen and oxygen atoms in total. The third kappa shape index (κ3) is 8.22. The van der Waals surface area contributed by atoms with E-state index in [4.69, 9.17) is 0 Å². The van der Waals surface area contributed by atoms with Crippen LogP contribution in [0.1, 0.15) is 72.4 Å². The van der Waals surface area contributed by atoms with Gasteiger partial charge in [0.2, 0.25) is 0 Å². The second-order valence-electron chi connectivity index (χ2n) is 11.2. The molecule has 1 saturated heterocycles. The van der Waals surface area contributed by atoms with E-state index in [2.05, 4.69) is 17.0 Å². The Morgan fingerprint density at radius 1 is 0.925 bits per heavy atom. The molecule has 5 rings (SSSR count). The third-order valence-corrected chi connectivity index (χ3v) is 7.83. The summed E-state index contributed by atoms with van der Waals surface area (Å²) in [5, 5.41) is 9.19. The van der Waals surface area contributed by atoms with E-state index in [0.29, 0.717) is 50.6 Å². The number of rotatable bonds is 6. The molecular weight excluding hydrogens is 534 g/mol. The number of hydrogen-bond donors (Lipinski definition) is 1. The molecule has 0 spiro atoms. The van der Waals surface area contributed by atoms with Crippen LogP contribution < -0.4 is 0 Å². The zero-order valence-corrected chi connectivity index (χ0v) is 22.6. The fourth-order valence-corrected chi connectivity index (χ4v) is 5.37. The van der Waals surface area contributed by atoms with E-state index in [1.165, 1.54) is 30.4 Å². The van der Waals surface area contributed by atoms with Gasteiger partial charge in [-0.3, -0.25) is 14.6 Å². The maximum atomic E-state index is 13.5. The van der Waals surface area contributed by atoms with Crippen LogP contribution in [0.3, 0.4) is 0 Å². The van der Waals surface area contributed by atoms with E-state index in [-0.39, 0.29) is 18.2 Å². The van der Waals surface area contributed by atoms with Crippen molar-refractivity contribution < 1.29 is 36.2 Å². The highest BCUT2D eigenvalue weighted by Crippen LogP contribution is 2.37. The van der Waals surface area contributed by atoms with Crippen molar-refractivity contribution >= 4 is 5.97 Å². The predicted octanol–water partition coefficient (Wildman–Crippen LogP) is 7.18. The number of carboxylic acid groups (broad SMARTS) is 1. The molecule has 0 bridgehead atoms. The SMILES string of the molecule is C1CC1.CC(Cc1ccc2c(c1)CN(C1CCN(Cc3cc(C(F)(F)F)ccc3C(F)(F)F)CC1)CC2)C(=O)O. The van der Waals surface area contributed by atoms with Crippen molar-refractivity contribution in [1.82, 2.24) is 9.80 Å². The molecule has 1 unspecified atom stereocenters. The zero-order chi connectivity index (χ0) is 29.1. The highest BCUT2D eigenvalue weighted by atomic mass is 19.4. The third-order valence-electron chi connectivity index (χ3n) is 7.83. The Labute approximate surface area is 231 Å². The number of carbonyl (C=O) groups is 1. The standard InChI is InChI=1S/C27H30F6N2O2.C3H6/c1-17(25(36)37)12-18-2-3-19-6-11-35(16-20(19)13-18)23-7-9-34(10-8-23)15-21-14-22(26(28,29)30)4-5-24(21)27(31,32)33;1-2-3-1/h2-5,13-14,17,23H,6-12,15-16H2,1H3,(H,36,37);1-3H2. The van der Waals surface area contributed by atoms with E-state index in [0.717, 1.165) is 25.1 Å². The molecular formula is C30H36F6N2O2. The number of halogens is 6. The Morgan fingerprint density at radius 2 is 1.60 bits per heavy atom. The van der Waals surface area contributed by atoms with Gasteiger partial charge in [-0.15, -0.1) is 0 Å². The number of hydrogen-bond acceptors (Lipinski definition) is 3. The maximum Gasteiger partial charge on any atom is 0.416 e. The van der Waals surface area contributed by atoms with Gasteiger partial charge in [-0.2, -0.15) is 26.3 Å². The minimum atomic E-state index is -4.72. The lowest BCUT2D eigenvalue weighted by Crippen LogP contribution is -2.46. The van der Waals surface area contributed by atoms with Crippen molar-refractivity contribution in [3.63, 3.8) is 0 Å². The fraction of sp³-hybridized carbons (Fsp3) is 0.567. The lowest BCUT2D eigenvalue weighted by atomic mass is 9.91. The summed E-state index contributed by atoms with van der Waals surface area (Å²) in [6, 6.07) is 7.99. The molecule has 2 heterocycles. The summed E-state index contributed by atoms with van der Waals surface area (Å²) >= 11 is 0. The van der Waals surface area contributed by atoms with Crippen LogP contribution in [0.4, 0.5) is 26.3 Å². The summed E-state index contributed by atoms with van der Waals surface area (Å²) in [6.45, 7) is 4.07. The number of nitrogens with zero attached hydrogens (tertiary/aromatic N) is 2. The van der Waals surface area contributed by atoms with Crippen LogP contribution in [-0.2, 0) is 43.1 Å². The van der Waals surface area contributed by atoms with Crippen molar-refractivity contribution in [2.75, 3.05) is 19.6 Å². The summed E-state index contributed by atoms with van der Waals surface area (Å²) in [5.41, 5.74) is 0.938. The molecule has 2 aromatic carbocycles. The first-order chi connectivity index (χ1) is 18.8. The van der Waals surface area contributed by atoms with E-state index in [1.54, 1.807) is 11.8 Å². The first kappa shape index (κ1) is 30.4. The summed E-state index contributed by atoms with van der Waals surface area (Å²) in [7, 11) is 0. The summed E-state index contributed by atoms with van der Waals surface area (Å²) in [4.78, 5) is 15.4. The highest BCUT2D eigenvalue weighted by molar-refractivity contribution is 5.69. The first-order valence-electron chi connectivity index (χ1n) is 13.9. The van der Waals surface area contributed by atoms with Crippen LogP contribution >= 0.6 is 0 Å². The molecule has 1 N–H and O–H groups in total. The van der Waals surface area contributed by atoms with Crippen molar-refractivity contribution in [2.24, 2.45) is 5.92 Å². The van der Waals surface area contributed by atoms with Crippen LogP contribution in [-0.4, -0.2) is 46.6 Å². The van der Waals surface area contributed by atoms with Gasteiger partial charge in [0, 0.05) is 25.7 Å². The Kier molecular flexibility index (Phi) is 9.50. The van der Waals surface area contributed by atoms with Gasteiger partial charge in [-0.1, -0.05) is 44.4 Å². The zero-order valence-electron chi connectivity index (χ0n) is 22.6. The number of benzene rings is 2. The van der Waals surface area contributed by atoms with Crippen LogP contribution in [0, 0.1) is 5.92 Å². The number of likely N-dealkylation sites (tertiary alicyclic amines) is 1. The summed E-state index contributed by atoms with van der Waals surface area (Å²) in [6.07, 6.45) is -2.18. The van der Waals surface area contributed by atoms with Gasteiger partial charge in [0.25, 0.3) is 0 Å². The topological polar surface area (TPSA) is 43.8 Å². The van der Waals surface area contributed by atoms with Gasteiger partial charge in [0.05, 0.1) is 17.0 Å². The molecule has 2 fully saturated rings. The average molecular weight is 571 g/mol. The van der Waals surface area contributed by atoms with Gasteiger partial charge in [-0.05, 0) is 79.2 Å². The Bertz CT molecular complexity index is 1170. The van der Waals surface area contributed by atoms with Gasteiger partial charge in [0.1, 0.15) is 0 Å². The largest absolute Gasteiger partial charge is 0.481 e. The molecule has 220 valence electrons. The van der Waals surface area contributed by atoms with Crippen molar-refractivity contribution in [2.45, 2.75) is 83.4 Å². The Balaban J connectivity index is 0.00000115. The Morgan fingerprint density at radius 3 is 2.17 bits per heavy atom. The molecule has 0 radical (unpaired) electrons. The monoisotopic (exact) mass is 570 g/mol. The first-order valence-corrected chi connectivity index (χ1v) is 13.9. The second kappa shape index (κ2) is 12.5. The number of carboxylic acids is 1. The van der Waals surface area contributed by atoms with Crippen LogP contribution in [0.15, 0.2) is 36.4 Å². The van der Waals surface area contributed by atoms with Crippen molar-refractivity contribution in [3.8, 4) is 0 Å². The van der Waals surface area contributed by atoms with Gasteiger partial charge in [-0.25, -0.2) is 0 Å². The van der Waals surface area contributed by atoms with Crippen LogP contribution in [0.2, 0.25) is 0 Å². The predicted molar refractivity (Wildman–Crippen MR) is 140 cm³/mol. The van der Waals surface area contributed by atoms with Crippen LogP contribution in [0.5, 0.6) is 0 Å². The second-order valence-corrected chi connectivity index (χ2v) is 11.2. The summed E-state index contributed by atoms with van der Waals surface area (Å²) in [5.74, 6) is -1.31. The normalized spacial score (nSPS) is 19.4. The molecule has 2 aromatic rings. The number of fused-ring (bicyclic) bond motifs is 1. The number of alkyl halides is 6. The van der Waals surface area contributed by atoms with Gasteiger partial charge >= 0.3 is 18.3 Å². The lowest BCUT2D eigenvalue weighted by Gasteiger charge is -2.41. The van der Waals surface area contributed by atoms with E-state index in [1.807, 2.05) is 6.07 Å². The highest BCUT2D eigenvalue weighted by Gasteiger charge is 2.37. The van der Waals surface area contributed by atoms with Crippen molar-refractivity contribution in [3.05, 3.63) is 69.8 Å². The van der Waals surface area contributed by atoms with E-state index >= 15 is 0 Å². The Hall–Kier alpha value is -2.59. The molecule has 1 atom stereocenters. The lowest BCUT2D eigenvalue weighted by molar-refractivity contribution is -0.142. The van der Waals surface area contributed by atoms with E-state index in [9.17, 15) is 36.2 Å². The minimum absolute atomic E-state index is 0.181. The van der Waals surface area contributed by atoms with Gasteiger partial charge < -0.3 is 5.11 Å². The van der Waals surface area contributed by atoms with Crippen molar-refractivity contribution in [1.29, 1.82) is 0 Å². The molecule has 0 aromatic heterocycles. The molecule has 2 aliphatic heterocycles. The maximum absolute atomic E-state index is 13.5. The molecule has 1 aliphatic carbocycles. The number of piperidine rings is 1. The fourth-order valence-electron chi connectivity index (χ4n) is 5.37. The van der Waals surface area contributed by atoms with Gasteiger partial charge in [0.15, 0.2) is 0 Å². The number of aliphatic carboxylic acids is 1. The van der Waals surface area contributed by atoms with Crippen LogP contribution in [0.25, 0.3) is 0 Å². The summed E-state index contributed by atoms with van der Waals surface area (Å²) < 4.78 is 79.8. The average Bonchev–Trinajstić information content (AvgIpc) is 3.77. The molecule has 1 saturated carbocycles. The quantitative estimate of drug-likeness (QED) is 0.374. The smallest absolute Gasteiger partial charge is 0.416 e. The minimum Gasteiger partial charge on any atom is -0.481 e. The molecule has 40 heavy (non-hydrogen) atoms.